The summed E-state index contributed by atoms with van der Waals surface area (Å²) in [7, 11) is 0. The van der Waals surface area contributed by atoms with Gasteiger partial charge in [0.2, 0.25) is 0 Å². The SMILES string of the molecule is Nc1ccc2ncc(CN3CCN(c4ccccn4)CC3)n2c1. The number of hydrogen-bond acceptors (Lipinski definition) is 5. The molecule has 3 aromatic heterocycles. The topological polar surface area (TPSA) is 62.7 Å². The summed E-state index contributed by atoms with van der Waals surface area (Å²) in [6.07, 6.45) is 5.74. The number of piperazine rings is 1. The van der Waals surface area contributed by atoms with Gasteiger partial charge in [-0.2, -0.15) is 0 Å². The molecule has 0 unspecified atom stereocenters. The van der Waals surface area contributed by atoms with E-state index in [4.69, 9.17) is 5.73 Å². The summed E-state index contributed by atoms with van der Waals surface area (Å²) in [5, 5.41) is 0. The minimum Gasteiger partial charge on any atom is -0.398 e. The van der Waals surface area contributed by atoms with Crippen molar-refractivity contribution >= 4 is 17.2 Å². The zero-order valence-electron chi connectivity index (χ0n) is 13.0. The lowest BCUT2D eigenvalue weighted by Crippen LogP contribution is -2.46. The van der Waals surface area contributed by atoms with Crippen molar-refractivity contribution in [3.63, 3.8) is 0 Å². The number of nitrogens with two attached hydrogens (primary N) is 1. The van der Waals surface area contributed by atoms with Crippen molar-refractivity contribution in [1.29, 1.82) is 0 Å². The molecular formula is C17H20N6. The molecule has 0 aromatic carbocycles. The molecule has 0 bridgehead atoms. The molecule has 0 saturated carbocycles. The number of hydrogen-bond donors (Lipinski definition) is 1. The van der Waals surface area contributed by atoms with Gasteiger partial charge < -0.3 is 15.0 Å². The van der Waals surface area contributed by atoms with Crippen molar-refractivity contribution in [3.05, 3.63) is 54.6 Å². The van der Waals surface area contributed by atoms with Crippen LogP contribution in [-0.4, -0.2) is 45.4 Å². The monoisotopic (exact) mass is 308 g/mol. The summed E-state index contributed by atoms with van der Waals surface area (Å²) >= 11 is 0. The maximum absolute atomic E-state index is 5.89. The first kappa shape index (κ1) is 14.0. The number of nitrogen functional groups attached to an aromatic ring is 1. The molecule has 6 nitrogen and oxygen atoms in total. The van der Waals surface area contributed by atoms with Crippen LogP contribution in [0.4, 0.5) is 11.5 Å². The van der Waals surface area contributed by atoms with E-state index in [1.807, 2.05) is 42.9 Å². The molecule has 23 heavy (non-hydrogen) atoms. The lowest BCUT2D eigenvalue weighted by molar-refractivity contribution is 0.246. The zero-order valence-corrected chi connectivity index (χ0v) is 13.0. The number of fused-ring (bicyclic) bond motifs is 1. The Hall–Kier alpha value is -2.60. The Morgan fingerprint density at radius 1 is 1.00 bits per heavy atom. The molecule has 1 aliphatic rings. The third-order valence-electron chi connectivity index (χ3n) is 4.34. The van der Waals surface area contributed by atoms with Crippen LogP contribution in [0.1, 0.15) is 5.69 Å². The summed E-state index contributed by atoms with van der Waals surface area (Å²) in [6.45, 7) is 4.92. The number of nitrogens with zero attached hydrogens (tertiary/aromatic N) is 5. The van der Waals surface area contributed by atoms with Gasteiger partial charge in [0.15, 0.2) is 0 Å². The molecular weight excluding hydrogens is 288 g/mol. The van der Waals surface area contributed by atoms with Crippen LogP contribution < -0.4 is 10.6 Å². The molecule has 0 atom stereocenters. The van der Waals surface area contributed by atoms with E-state index in [2.05, 4.69) is 30.2 Å². The molecule has 4 rings (SSSR count). The maximum Gasteiger partial charge on any atom is 0.137 e. The zero-order chi connectivity index (χ0) is 15.6. The van der Waals surface area contributed by atoms with Crippen LogP contribution in [0.3, 0.4) is 0 Å². The van der Waals surface area contributed by atoms with E-state index in [1.165, 1.54) is 5.69 Å². The standard InChI is InChI=1S/C17H20N6/c18-14-4-5-17-20-11-15(23(17)12-14)13-21-7-9-22(10-8-21)16-3-1-2-6-19-16/h1-6,11-12H,7-10,13,18H2. The second kappa shape index (κ2) is 5.89. The van der Waals surface area contributed by atoms with Crippen LogP contribution >= 0.6 is 0 Å². The highest BCUT2D eigenvalue weighted by atomic mass is 15.3. The average Bonchev–Trinajstić information content (AvgIpc) is 2.98. The van der Waals surface area contributed by atoms with Gasteiger partial charge in [-0.1, -0.05) is 6.07 Å². The molecule has 3 aromatic rings. The van der Waals surface area contributed by atoms with Gasteiger partial charge in [0.05, 0.1) is 11.9 Å². The lowest BCUT2D eigenvalue weighted by Gasteiger charge is -2.35. The highest BCUT2D eigenvalue weighted by Crippen LogP contribution is 2.16. The van der Waals surface area contributed by atoms with Crippen molar-refractivity contribution in [2.24, 2.45) is 0 Å². The molecule has 6 heteroatoms. The van der Waals surface area contributed by atoms with Crippen molar-refractivity contribution < 1.29 is 0 Å². The fourth-order valence-electron chi connectivity index (χ4n) is 3.07. The van der Waals surface area contributed by atoms with Crippen LogP contribution in [0.25, 0.3) is 5.65 Å². The number of anilines is 2. The Kier molecular flexibility index (Phi) is 3.59. The van der Waals surface area contributed by atoms with Crippen molar-refractivity contribution in [2.75, 3.05) is 36.8 Å². The highest BCUT2D eigenvalue weighted by molar-refractivity contribution is 5.48. The van der Waals surface area contributed by atoms with Gasteiger partial charge in [0.25, 0.3) is 0 Å². The predicted molar refractivity (Wildman–Crippen MR) is 91.3 cm³/mol. The van der Waals surface area contributed by atoms with Crippen LogP contribution in [-0.2, 0) is 6.54 Å². The summed E-state index contributed by atoms with van der Waals surface area (Å²) < 4.78 is 2.08. The second-order valence-corrected chi connectivity index (χ2v) is 5.89. The van der Waals surface area contributed by atoms with E-state index < -0.39 is 0 Å². The second-order valence-electron chi connectivity index (χ2n) is 5.89. The fraction of sp³-hybridized carbons (Fsp3) is 0.294. The molecule has 0 amide bonds. The van der Waals surface area contributed by atoms with E-state index in [0.717, 1.165) is 49.9 Å². The lowest BCUT2D eigenvalue weighted by atomic mass is 10.3. The Labute approximate surface area is 135 Å². The minimum absolute atomic E-state index is 0.761. The molecule has 0 aliphatic carbocycles. The molecule has 1 fully saturated rings. The van der Waals surface area contributed by atoms with Gasteiger partial charge in [-0.15, -0.1) is 0 Å². The fourth-order valence-corrected chi connectivity index (χ4v) is 3.07. The van der Waals surface area contributed by atoms with E-state index in [9.17, 15) is 0 Å². The van der Waals surface area contributed by atoms with E-state index in [0.29, 0.717) is 0 Å². The molecule has 118 valence electrons. The normalized spacial score (nSPS) is 16.1. The summed E-state index contributed by atoms with van der Waals surface area (Å²) in [5.74, 6) is 1.06. The van der Waals surface area contributed by atoms with Crippen molar-refractivity contribution in [1.82, 2.24) is 19.3 Å². The third kappa shape index (κ3) is 2.85. The van der Waals surface area contributed by atoms with Crippen LogP contribution in [0, 0.1) is 0 Å². The largest absolute Gasteiger partial charge is 0.398 e. The number of imidazole rings is 1. The van der Waals surface area contributed by atoms with Crippen LogP contribution in [0.15, 0.2) is 48.9 Å². The van der Waals surface area contributed by atoms with Gasteiger partial charge in [-0.25, -0.2) is 9.97 Å². The van der Waals surface area contributed by atoms with Gasteiger partial charge in [-0.3, -0.25) is 4.90 Å². The van der Waals surface area contributed by atoms with E-state index in [-0.39, 0.29) is 0 Å². The van der Waals surface area contributed by atoms with Gasteiger partial charge in [-0.05, 0) is 24.3 Å². The molecule has 1 aliphatic heterocycles. The Morgan fingerprint density at radius 2 is 1.87 bits per heavy atom. The molecule has 0 spiro atoms. The highest BCUT2D eigenvalue weighted by Gasteiger charge is 2.19. The number of rotatable bonds is 3. The summed E-state index contributed by atoms with van der Waals surface area (Å²) in [6, 6.07) is 9.91. The Morgan fingerprint density at radius 3 is 2.65 bits per heavy atom. The molecule has 1 saturated heterocycles. The average molecular weight is 308 g/mol. The first-order valence-electron chi connectivity index (χ1n) is 7.89. The first-order valence-corrected chi connectivity index (χ1v) is 7.89. The third-order valence-corrected chi connectivity index (χ3v) is 4.34. The Bertz CT molecular complexity index is 789. The molecule has 2 N–H and O–H groups in total. The van der Waals surface area contributed by atoms with Crippen molar-refractivity contribution in [3.8, 4) is 0 Å². The number of pyridine rings is 2. The first-order chi connectivity index (χ1) is 11.3. The van der Waals surface area contributed by atoms with Crippen LogP contribution in [0.5, 0.6) is 0 Å². The molecule has 4 heterocycles. The summed E-state index contributed by atoms with van der Waals surface area (Å²) in [5.41, 5.74) is 8.78. The minimum atomic E-state index is 0.761. The predicted octanol–water partition coefficient (Wildman–Crippen LogP) is 1.63. The van der Waals surface area contributed by atoms with E-state index in [1.54, 1.807) is 0 Å². The van der Waals surface area contributed by atoms with Gasteiger partial charge in [0.1, 0.15) is 11.5 Å². The van der Waals surface area contributed by atoms with E-state index >= 15 is 0 Å². The number of aromatic nitrogens is 3. The quantitative estimate of drug-likeness (QED) is 0.797. The maximum atomic E-state index is 5.89. The molecule has 0 radical (unpaired) electrons. The van der Waals surface area contributed by atoms with Gasteiger partial charge >= 0.3 is 0 Å². The van der Waals surface area contributed by atoms with Crippen molar-refractivity contribution in [2.45, 2.75) is 6.54 Å². The van der Waals surface area contributed by atoms with Crippen LogP contribution in [0.2, 0.25) is 0 Å². The smallest absolute Gasteiger partial charge is 0.137 e. The Balaban J connectivity index is 1.44. The van der Waals surface area contributed by atoms with Gasteiger partial charge in [0, 0.05) is 50.8 Å². The summed E-state index contributed by atoms with van der Waals surface area (Å²) in [4.78, 5) is 13.7.